The predicted octanol–water partition coefficient (Wildman–Crippen LogP) is 6.38. The number of fused-ring (bicyclic) bond motifs is 2. The standard InChI is InChI=1S/C36H33Cl2N7O3/c1-19-14-21-16-39-44(2)35(47)30(21)33(40-19)41-25-9-5-7-23(32(25)38)22-6-4-8-24(31(22)37)26-15-20-10-11-27(29(20)34(42-26)48-3)45-17-36(18-45)13-12-28(46)43-36/h4-9,14-16,27H,10-13,17-18H2,1-3H3,(H,40,41)(H,43,46)/t27-/m0/s1. The zero-order valence-corrected chi connectivity index (χ0v) is 28.2. The quantitative estimate of drug-likeness (QED) is 0.212. The van der Waals surface area contributed by atoms with E-state index in [9.17, 15) is 9.59 Å². The molecule has 2 fully saturated rings. The zero-order chi connectivity index (χ0) is 33.3. The maximum atomic E-state index is 13.0. The summed E-state index contributed by atoms with van der Waals surface area (Å²) in [6, 6.07) is 15.6. The zero-order valence-electron chi connectivity index (χ0n) is 26.7. The molecule has 5 aromatic rings. The van der Waals surface area contributed by atoms with E-state index in [1.165, 1.54) is 10.2 Å². The van der Waals surface area contributed by atoms with Gasteiger partial charge in [-0.1, -0.05) is 53.5 Å². The summed E-state index contributed by atoms with van der Waals surface area (Å²) in [5, 5.41) is 12.7. The van der Waals surface area contributed by atoms with Gasteiger partial charge in [0.15, 0.2) is 0 Å². The molecule has 2 aliphatic heterocycles. The number of carbonyl (C=O) groups is 1. The van der Waals surface area contributed by atoms with Gasteiger partial charge < -0.3 is 15.4 Å². The van der Waals surface area contributed by atoms with Crippen molar-refractivity contribution in [1.29, 1.82) is 0 Å². The molecule has 0 bridgehead atoms. The highest BCUT2D eigenvalue weighted by Gasteiger charge is 2.51. The lowest BCUT2D eigenvalue weighted by molar-refractivity contribution is -0.121. The number of ether oxygens (including phenoxy) is 1. The van der Waals surface area contributed by atoms with Crippen LogP contribution in [0.25, 0.3) is 33.2 Å². The van der Waals surface area contributed by atoms with E-state index in [1.54, 1.807) is 20.4 Å². The van der Waals surface area contributed by atoms with Crippen LogP contribution in [0.4, 0.5) is 11.5 Å². The van der Waals surface area contributed by atoms with Crippen LogP contribution in [0.2, 0.25) is 10.0 Å². The Kier molecular flexibility index (Phi) is 7.43. The van der Waals surface area contributed by atoms with Crippen molar-refractivity contribution in [2.75, 3.05) is 25.5 Å². The molecule has 5 heterocycles. The number of hydrogen-bond acceptors (Lipinski definition) is 8. The van der Waals surface area contributed by atoms with Crippen LogP contribution in [0.5, 0.6) is 5.88 Å². The van der Waals surface area contributed by atoms with Crippen LogP contribution in [-0.4, -0.2) is 56.3 Å². The van der Waals surface area contributed by atoms with E-state index >= 15 is 0 Å². The number of amides is 1. The molecule has 0 unspecified atom stereocenters. The number of aryl methyl sites for hydroxylation is 3. The Morgan fingerprint density at radius 1 is 1.00 bits per heavy atom. The molecule has 10 nitrogen and oxygen atoms in total. The molecule has 8 rings (SSSR count). The third-order valence-corrected chi connectivity index (χ3v) is 10.7. The maximum Gasteiger partial charge on any atom is 0.278 e. The minimum Gasteiger partial charge on any atom is -0.481 e. The molecule has 3 aliphatic rings. The van der Waals surface area contributed by atoms with Gasteiger partial charge in [-0.3, -0.25) is 14.5 Å². The second-order valence-corrected chi connectivity index (χ2v) is 13.7. The number of anilines is 2. The van der Waals surface area contributed by atoms with Gasteiger partial charge in [0.25, 0.3) is 5.56 Å². The molecule has 0 saturated carbocycles. The highest BCUT2D eigenvalue weighted by atomic mass is 35.5. The van der Waals surface area contributed by atoms with Crippen molar-refractivity contribution in [1.82, 2.24) is 30.0 Å². The number of hydrogen-bond donors (Lipinski definition) is 2. The van der Waals surface area contributed by atoms with Crippen LogP contribution < -0.4 is 20.9 Å². The molecule has 1 aliphatic carbocycles. The fourth-order valence-corrected chi connectivity index (χ4v) is 8.18. The van der Waals surface area contributed by atoms with Gasteiger partial charge in [-0.15, -0.1) is 0 Å². The Morgan fingerprint density at radius 3 is 2.50 bits per heavy atom. The first-order chi connectivity index (χ1) is 23.1. The first-order valence-electron chi connectivity index (χ1n) is 16.0. The van der Waals surface area contributed by atoms with Gasteiger partial charge in [-0.05, 0) is 49.9 Å². The molecular weight excluding hydrogens is 649 g/mol. The monoisotopic (exact) mass is 681 g/mol. The van der Waals surface area contributed by atoms with Crippen molar-refractivity contribution in [3.05, 3.63) is 91.9 Å². The number of pyridine rings is 2. The number of benzene rings is 2. The molecule has 12 heteroatoms. The highest BCUT2D eigenvalue weighted by molar-refractivity contribution is 6.39. The lowest BCUT2D eigenvalue weighted by Crippen LogP contribution is -2.67. The maximum absolute atomic E-state index is 13.0. The van der Waals surface area contributed by atoms with Crippen LogP contribution in [0.15, 0.2) is 59.5 Å². The van der Waals surface area contributed by atoms with Crippen LogP contribution in [-0.2, 0) is 18.3 Å². The first kappa shape index (κ1) is 30.8. The van der Waals surface area contributed by atoms with E-state index in [-0.39, 0.29) is 23.0 Å². The van der Waals surface area contributed by atoms with Gasteiger partial charge in [0.1, 0.15) is 5.82 Å². The number of aromatic nitrogens is 4. The van der Waals surface area contributed by atoms with E-state index in [1.807, 2.05) is 49.4 Å². The molecular formula is C36H33Cl2N7O3. The lowest BCUT2D eigenvalue weighted by atomic mass is 9.86. The molecule has 2 saturated heterocycles. The van der Waals surface area contributed by atoms with E-state index in [0.717, 1.165) is 66.0 Å². The molecule has 2 N–H and O–H groups in total. The number of rotatable bonds is 6. The minimum atomic E-state index is -0.259. The predicted molar refractivity (Wildman–Crippen MR) is 187 cm³/mol. The molecule has 1 atom stereocenters. The lowest BCUT2D eigenvalue weighted by Gasteiger charge is -2.50. The second kappa shape index (κ2) is 11.6. The number of halogens is 2. The smallest absolute Gasteiger partial charge is 0.278 e. The van der Waals surface area contributed by atoms with E-state index in [0.29, 0.717) is 44.6 Å². The molecule has 1 spiro atoms. The van der Waals surface area contributed by atoms with Crippen molar-refractivity contribution in [3.63, 3.8) is 0 Å². The van der Waals surface area contributed by atoms with Gasteiger partial charge in [0.2, 0.25) is 11.8 Å². The molecule has 48 heavy (non-hydrogen) atoms. The summed E-state index contributed by atoms with van der Waals surface area (Å²) in [5.74, 6) is 1.16. The second-order valence-electron chi connectivity index (χ2n) is 13.0. The van der Waals surface area contributed by atoms with Crippen molar-refractivity contribution >= 4 is 51.4 Å². The normalized spacial score (nSPS) is 18.2. The first-order valence-corrected chi connectivity index (χ1v) is 16.7. The summed E-state index contributed by atoms with van der Waals surface area (Å²) in [5.41, 5.74) is 6.27. The molecule has 3 aromatic heterocycles. The minimum absolute atomic E-state index is 0.0819. The van der Waals surface area contributed by atoms with Crippen LogP contribution in [0.3, 0.4) is 0 Å². The summed E-state index contributed by atoms with van der Waals surface area (Å²) in [7, 11) is 3.27. The largest absolute Gasteiger partial charge is 0.481 e. The molecule has 244 valence electrons. The van der Waals surface area contributed by atoms with Gasteiger partial charge >= 0.3 is 0 Å². The molecule has 1 amide bonds. The number of methoxy groups -OCH3 is 1. The van der Waals surface area contributed by atoms with Crippen molar-refractivity contribution in [3.8, 4) is 28.3 Å². The summed E-state index contributed by atoms with van der Waals surface area (Å²) in [4.78, 5) is 36.9. The third kappa shape index (κ3) is 5.01. The van der Waals surface area contributed by atoms with Crippen molar-refractivity contribution in [2.24, 2.45) is 7.05 Å². The van der Waals surface area contributed by atoms with Crippen molar-refractivity contribution < 1.29 is 9.53 Å². The number of likely N-dealkylation sites (tertiary alicyclic amines) is 1. The van der Waals surface area contributed by atoms with Gasteiger partial charge in [0.05, 0.1) is 45.7 Å². The number of nitrogens with one attached hydrogen (secondary N) is 2. The fraction of sp³-hybridized carbons (Fsp3) is 0.306. The number of carbonyl (C=O) groups excluding carboxylic acids is 1. The van der Waals surface area contributed by atoms with Gasteiger partial charge in [0, 0.05) is 65.9 Å². The Balaban J connectivity index is 1.12. The number of nitrogens with zero attached hydrogens (tertiary/aromatic N) is 5. The van der Waals surface area contributed by atoms with Crippen LogP contribution in [0.1, 0.15) is 42.1 Å². The molecule has 2 aromatic carbocycles. The van der Waals surface area contributed by atoms with E-state index in [4.69, 9.17) is 32.9 Å². The third-order valence-electron chi connectivity index (χ3n) is 9.88. The Labute approximate surface area is 287 Å². The van der Waals surface area contributed by atoms with Gasteiger partial charge in [-0.2, -0.15) is 5.10 Å². The Bertz CT molecular complexity index is 2210. The van der Waals surface area contributed by atoms with Crippen LogP contribution >= 0.6 is 23.2 Å². The molecule has 0 radical (unpaired) electrons. The topological polar surface area (TPSA) is 114 Å². The fourth-order valence-electron chi connectivity index (χ4n) is 7.58. The summed E-state index contributed by atoms with van der Waals surface area (Å²) in [6.07, 6.45) is 5.03. The van der Waals surface area contributed by atoms with E-state index < -0.39 is 0 Å². The Morgan fingerprint density at radius 2 is 1.75 bits per heavy atom. The Hall–Kier alpha value is -4.51. The summed E-state index contributed by atoms with van der Waals surface area (Å²) < 4.78 is 7.17. The summed E-state index contributed by atoms with van der Waals surface area (Å²) in [6.45, 7) is 3.56. The average Bonchev–Trinajstić information content (AvgIpc) is 3.66. The highest BCUT2D eigenvalue weighted by Crippen LogP contribution is 2.48. The van der Waals surface area contributed by atoms with Gasteiger partial charge in [-0.25, -0.2) is 14.6 Å². The average molecular weight is 683 g/mol. The van der Waals surface area contributed by atoms with E-state index in [2.05, 4.69) is 31.7 Å². The SMILES string of the molecule is COc1nc(-c2cccc(-c3cccc(Nc4nc(C)cc5cnn(C)c(=O)c45)c3Cl)c2Cl)cc2c1[C@@H](N1CC3(CCC(=O)N3)C1)CC2. The van der Waals surface area contributed by atoms with Crippen molar-refractivity contribution in [2.45, 2.75) is 44.2 Å². The summed E-state index contributed by atoms with van der Waals surface area (Å²) >= 11 is 14.2. The van der Waals surface area contributed by atoms with Crippen LogP contribution in [0, 0.1) is 6.92 Å².